The molecule has 0 spiro atoms. The molecule has 1 amide bonds. The number of phenolic OH excluding ortho intramolecular Hbond substituents is 2. The number of nitrogens with two attached hydrogens (primary N) is 1. The molecular formula is C10H14N2O3. The van der Waals surface area contributed by atoms with Gasteiger partial charge in [0, 0.05) is 18.7 Å². The average molecular weight is 210 g/mol. The van der Waals surface area contributed by atoms with Gasteiger partial charge in [-0.3, -0.25) is 4.79 Å². The van der Waals surface area contributed by atoms with Gasteiger partial charge in [0.15, 0.2) is 0 Å². The van der Waals surface area contributed by atoms with E-state index in [9.17, 15) is 9.90 Å². The second-order valence-corrected chi connectivity index (χ2v) is 3.39. The summed E-state index contributed by atoms with van der Waals surface area (Å²) in [6.07, 6.45) is 0. The maximum absolute atomic E-state index is 11.5. The molecule has 0 saturated heterocycles. The molecule has 1 unspecified atom stereocenters. The van der Waals surface area contributed by atoms with Crippen LogP contribution in [0.2, 0.25) is 0 Å². The van der Waals surface area contributed by atoms with Crippen molar-refractivity contribution in [2.75, 3.05) is 6.54 Å². The Bertz CT molecular complexity index is 364. The molecule has 5 nitrogen and oxygen atoms in total. The molecule has 1 rings (SSSR count). The Morgan fingerprint density at radius 1 is 1.53 bits per heavy atom. The van der Waals surface area contributed by atoms with Gasteiger partial charge in [-0.25, -0.2) is 0 Å². The highest BCUT2D eigenvalue weighted by atomic mass is 16.3. The minimum Gasteiger partial charge on any atom is -0.508 e. The van der Waals surface area contributed by atoms with Gasteiger partial charge in [-0.1, -0.05) is 0 Å². The normalized spacial score (nSPS) is 12.1. The number of phenols is 2. The van der Waals surface area contributed by atoms with E-state index in [-0.39, 0.29) is 23.1 Å². The van der Waals surface area contributed by atoms with E-state index in [4.69, 9.17) is 10.8 Å². The van der Waals surface area contributed by atoms with E-state index in [1.165, 1.54) is 12.1 Å². The van der Waals surface area contributed by atoms with Crippen LogP contribution in [0.25, 0.3) is 0 Å². The van der Waals surface area contributed by atoms with E-state index in [0.29, 0.717) is 6.54 Å². The number of carbonyl (C=O) groups excluding carboxylic acids is 1. The Morgan fingerprint density at radius 2 is 2.20 bits per heavy atom. The van der Waals surface area contributed by atoms with Crippen LogP contribution in [-0.2, 0) is 0 Å². The maximum atomic E-state index is 11.5. The van der Waals surface area contributed by atoms with Crippen molar-refractivity contribution in [3.05, 3.63) is 23.8 Å². The Labute approximate surface area is 87.5 Å². The third kappa shape index (κ3) is 3.14. The minimum absolute atomic E-state index is 0.0868. The lowest BCUT2D eigenvalue weighted by Gasteiger charge is -2.08. The molecule has 1 atom stereocenters. The zero-order valence-electron chi connectivity index (χ0n) is 8.40. The van der Waals surface area contributed by atoms with Gasteiger partial charge in [0.2, 0.25) is 0 Å². The molecule has 1 aromatic rings. The van der Waals surface area contributed by atoms with Crippen LogP contribution in [0.15, 0.2) is 18.2 Å². The van der Waals surface area contributed by atoms with Crippen LogP contribution in [0.5, 0.6) is 11.5 Å². The minimum atomic E-state index is -0.412. The molecule has 1 aromatic carbocycles. The molecule has 5 N–H and O–H groups in total. The van der Waals surface area contributed by atoms with Crippen molar-refractivity contribution in [2.24, 2.45) is 5.73 Å². The molecule has 0 aliphatic heterocycles. The molecule has 0 radical (unpaired) electrons. The van der Waals surface area contributed by atoms with E-state index in [1.807, 2.05) is 0 Å². The Hall–Kier alpha value is -1.75. The van der Waals surface area contributed by atoms with Crippen LogP contribution in [0, 0.1) is 0 Å². The second kappa shape index (κ2) is 4.65. The Morgan fingerprint density at radius 3 is 2.73 bits per heavy atom. The summed E-state index contributed by atoms with van der Waals surface area (Å²) < 4.78 is 0. The van der Waals surface area contributed by atoms with Crippen molar-refractivity contribution < 1.29 is 15.0 Å². The number of nitrogens with one attached hydrogen (secondary N) is 1. The second-order valence-electron chi connectivity index (χ2n) is 3.39. The molecule has 5 heteroatoms. The lowest BCUT2D eigenvalue weighted by molar-refractivity contribution is 0.0949. The van der Waals surface area contributed by atoms with Gasteiger partial charge in [0.1, 0.15) is 11.5 Å². The predicted octanol–water partition coefficient (Wildman–Crippen LogP) is 0.175. The fraction of sp³-hybridized carbons (Fsp3) is 0.300. The van der Waals surface area contributed by atoms with Crippen molar-refractivity contribution in [3.8, 4) is 11.5 Å². The SMILES string of the molecule is CC(N)CNC(=O)c1ccc(O)cc1O. The summed E-state index contributed by atoms with van der Waals surface area (Å²) in [5.74, 6) is -0.752. The van der Waals surface area contributed by atoms with Crippen molar-refractivity contribution >= 4 is 5.91 Å². The number of rotatable bonds is 3. The molecule has 0 aliphatic carbocycles. The standard InChI is InChI=1S/C10H14N2O3/c1-6(11)5-12-10(15)8-3-2-7(13)4-9(8)14/h2-4,6,13-14H,5,11H2,1H3,(H,12,15). The lowest BCUT2D eigenvalue weighted by Crippen LogP contribution is -2.35. The number of benzene rings is 1. The van der Waals surface area contributed by atoms with Gasteiger partial charge >= 0.3 is 0 Å². The zero-order valence-corrected chi connectivity index (χ0v) is 8.40. The largest absolute Gasteiger partial charge is 0.508 e. The molecule has 15 heavy (non-hydrogen) atoms. The highest BCUT2D eigenvalue weighted by molar-refractivity contribution is 5.96. The number of hydrogen-bond donors (Lipinski definition) is 4. The van der Waals surface area contributed by atoms with Crippen molar-refractivity contribution in [3.63, 3.8) is 0 Å². The molecule has 0 aliphatic rings. The van der Waals surface area contributed by atoms with Crippen molar-refractivity contribution in [1.29, 1.82) is 0 Å². The van der Waals surface area contributed by atoms with E-state index in [2.05, 4.69) is 5.32 Å². The van der Waals surface area contributed by atoms with Crippen LogP contribution in [0.4, 0.5) is 0 Å². The summed E-state index contributed by atoms with van der Waals surface area (Å²) >= 11 is 0. The van der Waals surface area contributed by atoms with Crippen LogP contribution in [-0.4, -0.2) is 28.7 Å². The van der Waals surface area contributed by atoms with Crippen LogP contribution in [0.1, 0.15) is 17.3 Å². The molecule has 0 bridgehead atoms. The molecule has 0 fully saturated rings. The Balaban J connectivity index is 2.74. The summed E-state index contributed by atoms with van der Waals surface area (Å²) in [6, 6.07) is 3.65. The van der Waals surface area contributed by atoms with Crippen molar-refractivity contribution in [2.45, 2.75) is 13.0 Å². The first kappa shape index (κ1) is 11.3. The topological polar surface area (TPSA) is 95.6 Å². The molecular weight excluding hydrogens is 196 g/mol. The lowest BCUT2D eigenvalue weighted by atomic mass is 10.1. The summed E-state index contributed by atoms with van der Waals surface area (Å²) in [5.41, 5.74) is 5.58. The third-order valence-corrected chi connectivity index (χ3v) is 1.81. The van der Waals surface area contributed by atoms with Crippen molar-refractivity contribution in [1.82, 2.24) is 5.32 Å². The monoisotopic (exact) mass is 210 g/mol. The van der Waals surface area contributed by atoms with Gasteiger partial charge in [-0.15, -0.1) is 0 Å². The van der Waals surface area contributed by atoms with E-state index in [1.54, 1.807) is 6.92 Å². The number of carbonyl (C=O) groups is 1. The highest BCUT2D eigenvalue weighted by Crippen LogP contribution is 2.22. The van der Waals surface area contributed by atoms with E-state index >= 15 is 0 Å². The summed E-state index contributed by atoms with van der Waals surface area (Å²) in [7, 11) is 0. The zero-order chi connectivity index (χ0) is 11.4. The highest BCUT2D eigenvalue weighted by Gasteiger charge is 2.11. The van der Waals surface area contributed by atoms with E-state index < -0.39 is 5.91 Å². The summed E-state index contributed by atoms with van der Waals surface area (Å²) in [5, 5.41) is 21.0. The van der Waals surface area contributed by atoms with E-state index in [0.717, 1.165) is 6.07 Å². The average Bonchev–Trinajstić information content (AvgIpc) is 2.14. The fourth-order valence-corrected chi connectivity index (χ4v) is 1.06. The van der Waals surface area contributed by atoms with Gasteiger partial charge in [0.05, 0.1) is 5.56 Å². The van der Waals surface area contributed by atoms with Gasteiger partial charge in [0.25, 0.3) is 5.91 Å². The molecule has 0 saturated carbocycles. The summed E-state index contributed by atoms with van der Waals surface area (Å²) in [6.45, 7) is 2.09. The first-order chi connectivity index (χ1) is 7.00. The van der Waals surface area contributed by atoms with Crippen LogP contribution in [0.3, 0.4) is 0 Å². The van der Waals surface area contributed by atoms with Gasteiger partial charge in [-0.05, 0) is 19.1 Å². The third-order valence-electron chi connectivity index (χ3n) is 1.81. The van der Waals surface area contributed by atoms with Crippen LogP contribution < -0.4 is 11.1 Å². The quantitative estimate of drug-likeness (QED) is 0.572. The molecule has 82 valence electrons. The number of hydrogen-bond acceptors (Lipinski definition) is 4. The first-order valence-electron chi connectivity index (χ1n) is 4.56. The number of aromatic hydroxyl groups is 2. The fourth-order valence-electron chi connectivity index (χ4n) is 1.06. The Kier molecular flexibility index (Phi) is 3.51. The maximum Gasteiger partial charge on any atom is 0.255 e. The number of amides is 1. The first-order valence-corrected chi connectivity index (χ1v) is 4.56. The molecule has 0 heterocycles. The smallest absolute Gasteiger partial charge is 0.255 e. The van der Waals surface area contributed by atoms with Gasteiger partial charge < -0.3 is 21.3 Å². The van der Waals surface area contributed by atoms with Crippen LogP contribution >= 0.6 is 0 Å². The predicted molar refractivity (Wildman–Crippen MR) is 55.8 cm³/mol. The van der Waals surface area contributed by atoms with Gasteiger partial charge in [-0.2, -0.15) is 0 Å². The summed E-state index contributed by atoms with van der Waals surface area (Å²) in [4.78, 5) is 11.5. The molecule has 0 aromatic heterocycles.